The van der Waals surface area contributed by atoms with Crippen LogP contribution in [-0.2, 0) is 6.54 Å². The molecule has 1 heterocycles. The highest BCUT2D eigenvalue weighted by molar-refractivity contribution is 7.18. The first-order valence-electron chi connectivity index (χ1n) is 5.41. The minimum Gasteiger partial charge on any atom is -0.316 e. The fourth-order valence-corrected chi connectivity index (χ4v) is 3.05. The van der Waals surface area contributed by atoms with Crippen LogP contribution in [-0.4, -0.2) is 12.0 Å². The molecule has 1 aliphatic carbocycles. The van der Waals surface area contributed by atoms with Gasteiger partial charge in [0.25, 0.3) is 0 Å². The molecule has 0 atom stereocenters. The van der Waals surface area contributed by atoms with E-state index in [0.29, 0.717) is 0 Å². The number of fused-ring (bicyclic) bond motifs is 1. The highest BCUT2D eigenvalue weighted by Crippen LogP contribution is 2.43. The molecule has 3 rings (SSSR count). The molecule has 3 heteroatoms. The first kappa shape index (κ1) is 9.31. The fraction of sp³-hybridized carbons (Fsp3) is 0.417. The van der Waals surface area contributed by atoms with Crippen LogP contribution in [0.4, 0.5) is 0 Å². The average Bonchev–Trinajstić information content (AvgIpc) is 2.99. The van der Waals surface area contributed by atoms with Crippen molar-refractivity contribution in [2.45, 2.75) is 25.3 Å². The van der Waals surface area contributed by atoms with Gasteiger partial charge in [-0.15, -0.1) is 11.3 Å². The molecule has 2 nitrogen and oxygen atoms in total. The summed E-state index contributed by atoms with van der Waals surface area (Å²) in [6.45, 7) is 0.908. The summed E-state index contributed by atoms with van der Waals surface area (Å²) in [5.41, 5.74) is 2.52. The van der Waals surface area contributed by atoms with E-state index in [1.54, 1.807) is 0 Å². The topological polar surface area (TPSA) is 24.9 Å². The molecule has 15 heavy (non-hydrogen) atoms. The molecule has 1 aliphatic rings. The lowest BCUT2D eigenvalue weighted by atomic mass is 10.2. The van der Waals surface area contributed by atoms with Crippen molar-refractivity contribution >= 4 is 21.6 Å². The van der Waals surface area contributed by atoms with Crippen molar-refractivity contribution in [3.8, 4) is 0 Å². The van der Waals surface area contributed by atoms with Gasteiger partial charge in [0, 0.05) is 12.5 Å². The van der Waals surface area contributed by atoms with Gasteiger partial charge in [-0.2, -0.15) is 0 Å². The van der Waals surface area contributed by atoms with Crippen LogP contribution in [0.2, 0.25) is 0 Å². The first-order chi connectivity index (χ1) is 7.38. The maximum absolute atomic E-state index is 4.77. The maximum Gasteiger partial charge on any atom is 0.0969 e. The Morgan fingerprint density at radius 2 is 2.33 bits per heavy atom. The molecule has 0 spiro atoms. The number of hydrogen-bond donors (Lipinski definition) is 1. The quantitative estimate of drug-likeness (QED) is 0.857. The molecule has 0 unspecified atom stereocenters. The van der Waals surface area contributed by atoms with Gasteiger partial charge in [0.05, 0.1) is 15.2 Å². The molecular weight excluding hydrogens is 204 g/mol. The molecule has 0 aliphatic heterocycles. The molecule has 1 saturated carbocycles. The number of nitrogens with zero attached hydrogens (tertiary/aromatic N) is 1. The van der Waals surface area contributed by atoms with E-state index in [9.17, 15) is 0 Å². The second-order valence-electron chi connectivity index (χ2n) is 4.12. The van der Waals surface area contributed by atoms with Gasteiger partial charge in [0.1, 0.15) is 0 Å². The maximum atomic E-state index is 4.77. The Balaban J connectivity index is 2.11. The number of benzene rings is 1. The Hall–Kier alpha value is -0.930. The molecule has 78 valence electrons. The Labute approximate surface area is 93.3 Å². The molecule has 1 N–H and O–H groups in total. The molecule has 1 aromatic heterocycles. The van der Waals surface area contributed by atoms with Crippen LogP contribution >= 0.6 is 11.3 Å². The number of rotatable bonds is 3. The Morgan fingerprint density at radius 1 is 1.47 bits per heavy atom. The summed E-state index contributed by atoms with van der Waals surface area (Å²) in [5, 5.41) is 4.54. The summed E-state index contributed by atoms with van der Waals surface area (Å²) >= 11 is 1.87. The van der Waals surface area contributed by atoms with Gasteiger partial charge in [-0.1, -0.05) is 12.1 Å². The van der Waals surface area contributed by atoms with E-state index in [2.05, 4.69) is 23.5 Å². The molecule has 0 amide bonds. The van der Waals surface area contributed by atoms with Crippen LogP contribution in [0.25, 0.3) is 10.2 Å². The predicted molar refractivity (Wildman–Crippen MR) is 64.4 cm³/mol. The summed E-state index contributed by atoms with van der Waals surface area (Å²) in [6.07, 6.45) is 2.67. The number of thiazole rings is 1. The molecule has 0 radical (unpaired) electrons. The number of para-hydroxylation sites is 1. The third-order valence-corrected chi connectivity index (χ3v) is 4.00. The smallest absolute Gasteiger partial charge is 0.0969 e. The molecule has 0 bridgehead atoms. The van der Waals surface area contributed by atoms with E-state index in [1.807, 2.05) is 18.4 Å². The number of nitrogens with one attached hydrogen (secondary N) is 1. The van der Waals surface area contributed by atoms with Crippen molar-refractivity contribution in [3.63, 3.8) is 0 Å². The van der Waals surface area contributed by atoms with Gasteiger partial charge in [0.2, 0.25) is 0 Å². The Kier molecular flexibility index (Phi) is 2.22. The SMILES string of the molecule is CNCc1cccc2sc(C3CC3)nc12. The summed E-state index contributed by atoms with van der Waals surface area (Å²) in [6, 6.07) is 6.47. The van der Waals surface area contributed by atoms with Crippen molar-refractivity contribution in [1.82, 2.24) is 10.3 Å². The molecule has 1 aromatic carbocycles. The van der Waals surface area contributed by atoms with Gasteiger partial charge in [-0.05, 0) is 31.5 Å². The van der Waals surface area contributed by atoms with E-state index in [-0.39, 0.29) is 0 Å². The molecule has 0 saturated heterocycles. The van der Waals surface area contributed by atoms with Crippen LogP contribution in [0.1, 0.15) is 29.3 Å². The lowest BCUT2D eigenvalue weighted by molar-refractivity contribution is 0.821. The zero-order chi connectivity index (χ0) is 10.3. The van der Waals surface area contributed by atoms with Crippen LogP contribution in [0.5, 0.6) is 0 Å². The zero-order valence-corrected chi connectivity index (χ0v) is 9.60. The van der Waals surface area contributed by atoms with Crippen molar-refractivity contribution in [2.75, 3.05) is 7.05 Å². The zero-order valence-electron chi connectivity index (χ0n) is 8.79. The summed E-state index contributed by atoms with van der Waals surface area (Å²) in [4.78, 5) is 4.77. The van der Waals surface area contributed by atoms with Crippen LogP contribution < -0.4 is 5.32 Å². The van der Waals surface area contributed by atoms with Crippen LogP contribution in [0.3, 0.4) is 0 Å². The summed E-state index contributed by atoms with van der Waals surface area (Å²) in [5.74, 6) is 0.768. The van der Waals surface area contributed by atoms with Crippen molar-refractivity contribution in [3.05, 3.63) is 28.8 Å². The highest BCUT2D eigenvalue weighted by atomic mass is 32.1. The van der Waals surface area contributed by atoms with E-state index in [4.69, 9.17) is 4.98 Å². The van der Waals surface area contributed by atoms with E-state index in [1.165, 1.54) is 33.6 Å². The third kappa shape index (κ3) is 1.66. The number of hydrogen-bond acceptors (Lipinski definition) is 3. The fourth-order valence-electron chi connectivity index (χ4n) is 1.86. The van der Waals surface area contributed by atoms with Gasteiger partial charge >= 0.3 is 0 Å². The monoisotopic (exact) mass is 218 g/mol. The number of aromatic nitrogens is 1. The molecule has 2 aromatic rings. The standard InChI is InChI=1S/C12H14N2S/c1-13-7-9-3-2-4-10-11(9)14-12(15-10)8-5-6-8/h2-4,8,13H,5-7H2,1H3. The van der Waals surface area contributed by atoms with Crippen LogP contribution in [0, 0.1) is 0 Å². The second-order valence-corrected chi connectivity index (χ2v) is 5.18. The van der Waals surface area contributed by atoms with Gasteiger partial charge in [-0.3, -0.25) is 0 Å². The molecular formula is C12H14N2S. The van der Waals surface area contributed by atoms with Crippen molar-refractivity contribution in [2.24, 2.45) is 0 Å². The summed E-state index contributed by atoms with van der Waals surface area (Å²) in [7, 11) is 1.98. The van der Waals surface area contributed by atoms with Gasteiger partial charge in [0.15, 0.2) is 0 Å². The van der Waals surface area contributed by atoms with E-state index < -0.39 is 0 Å². The van der Waals surface area contributed by atoms with Gasteiger partial charge < -0.3 is 5.32 Å². The minimum absolute atomic E-state index is 0.768. The van der Waals surface area contributed by atoms with E-state index >= 15 is 0 Å². The molecule has 1 fully saturated rings. The van der Waals surface area contributed by atoms with Gasteiger partial charge in [-0.25, -0.2) is 4.98 Å². The predicted octanol–water partition coefficient (Wildman–Crippen LogP) is 2.89. The summed E-state index contributed by atoms with van der Waals surface area (Å²) < 4.78 is 1.34. The largest absolute Gasteiger partial charge is 0.316 e. The second kappa shape index (κ2) is 3.58. The van der Waals surface area contributed by atoms with Crippen LogP contribution in [0.15, 0.2) is 18.2 Å². The lowest BCUT2D eigenvalue weighted by Gasteiger charge is -1.99. The minimum atomic E-state index is 0.768. The average molecular weight is 218 g/mol. The Morgan fingerprint density at radius 3 is 3.07 bits per heavy atom. The lowest BCUT2D eigenvalue weighted by Crippen LogP contribution is -2.05. The highest BCUT2D eigenvalue weighted by Gasteiger charge is 2.27. The van der Waals surface area contributed by atoms with E-state index in [0.717, 1.165) is 12.5 Å². The first-order valence-corrected chi connectivity index (χ1v) is 6.23. The Bertz CT molecular complexity index is 485. The third-order valence-electron chi connectivity index (χ3n) is 2.81. The normalized spacial score (nSPS) is 16.1. The van der Waals surface area contributed by atoms with Crippen molar-refractivity contribution in [1.29, 1.82) is 0 Å². The van der Waals surface area contributed by atoms with Crippen molar-refractivity contribution < 1.29 is 0 Å².